The summed E-state index contributed by atoms with van der Waals surface area (Å²) in [5.41, 5.74) is -1.64. The number of rotatable bonds is 4. The number of nitrogens with zero attached hydrogens (tertiary/aromatic N) is 2. The van der Waals surface area contributed by atoms with E-state index in [1.807, 2.05) is 39.5 Å². The van der Waals surface area contributed by atoms with Gasteiger partial charge in [-0.2, -0.15) is 13.2 Å². The summed E-state index contributed by atoms with van der Waals surface area (Å²) in [6, 6.07) is 0.854. The Labute approximate surface area is 163 Å². The van der Waals surface area contributed by atoms with Gasteiger partial charge in [0.1, 0.15) is 11.7 Å². The highest BCUT2D eigenvalue weighted by atomic mass is 35.5. The summed E-state index contributed by atoms with van der Waals surface area (Å²) in [7, 11) is 0. The normalized spacial score (nSPS) is 20.3. The van der Waals surface area contributed by atoms with Crippen molar-refractivity contribution in [3.05, 3.63) is 35.3 Å². The molecule has 0 radical (unpaired) electrons. The van der Waals surface area contributed by atoms with Gasteiger partial charge in [-0.05, 0) is 27.4 Å². The molecule has 1 aromatic heterocycles. The molecule has 0 spiro atoms. The molecule has 1 atom stereocenters. The van der Waals surface area contributed by atoms with Gasteiger partial charge >= 0.3 is 6.18 Å². The molecule has 8 heteroatoms. The predicted octanol–water partition coefficient (Wildman–Crippen LogP) is 5.52. The first-order chi connectivity index (χ1) is 12.2. The summed E-state index contributed by atoms with van der Waals surface area (Å²) < 4.78 is 50.8. The van der Waals surface area contributed by atoms with Crippen molar-refractivity contribution < 1.29 is 22.6 Å². The molecule has 0 amide bonds. The van der Waals surface area contributed by atoms with Crippen LogP contribution in [-0.4, -0.2) is 34.7 Å². The van der Waals surface area contributed by atoms with Crippen LogP contribution in [0.1, 0.15) is 46.6 Å². The molecule has 1 saturated heterocycles. The molecular weight excluding hydrogens is 381 g/mol. The second-order valence-electron chi connectivity index (χ2n) is 8.41. The number of aromatic nitrogens is 1. The maximum Gasteiger partial charge on any atom is 0.418 e. The molecule has 2 heterocycles. The Hall–Kier alpha value is -1.63. The van der Waals surface area contributed by atoms with Crippen molar-refractivity contribution in [2.75, 3.05) is 13.1 Å². The van der Waals surface area contributed by atoms with Crippen LogP contribution in [0.25, 0.3) is 0 Å². The summed E-state index contributed by atoms with van der Waals surface area (Å²) in [4.78, 5) is 5.93. The van der Waals surface area contributed by atoms with E-state index in [1.165, 1.54) is 0 Å². The average molecular weight is 407 g/mol. The molecule has 0 aliphatic carbocycles. The molecule has 1 unspecified atom stereocenters. The predicted molar refractivity (Wildman–Crippen MR) is 98.6 cm³/mol. The number of pyridine rings is 1. The van der Waals surface area contributed by atoms with Crippen LogP contribution >= 0.6 is 11.6 Å². The zero-order valence-electron chi connectivity index (χ0n) is 16.3. The molecule has 0 saturated carbocycles. The van der Waals surface area contributed by atoms with Gasteiger partial charge in [0.05, 0.1) is 16.8 Å². The standard InChI is InChI=1S/C19H26ClF3N2O2/c1-12(27-17(2,3)4)25-8-7-15(18(5,6)11-25)26-16-9-13(19(21,22)23)14(20)10-24-16/h9-10,15H,1,7-8,11H2,2-6H3. The van der Waals surface area contributed by atoms with Crippen molar-refractivity contribution in [3.63, 3.8) is 0 Å². The zero-order valence-corrected chi connectivity index (χ0v) is 17.0. The second kappa shape index (κ2) is 7.41. The maximum absolute atomic E-state index is 13.0. The van der Waals surface area contributed by atoms with Crippen molar-refractivity contribution >= 4 is 11.6 Å². The van der Waals surface area contributed by atoms with E-state index >= 15 is 0 Å². The molecular formula is C19H26ClF3N2O2. The quantitative estimate of drug-likeness (QED) is 0.616. The molecule has 1 aliphatic heterocycles. The van der Waals surface area contributed by atoms with E-state index in [4.69, 9.17) is 21.1 Å². The van der Waals surface area contributed by atoms with Gasteiger partial charge in [-0.25, -0.2) is 4.98 Å². The Kier molecular flexibility index (Phi) is 5.95. The SMILES string of the molecule is C=C(OC(C)(C)C)N1CCC(Oc2cc(C(F)(F)F)c(Cl)cn2)C(C)(C)C1. The fourth-order valence-corrected chi connectivity index (χ4v) is 3.24. The molecule has 4 nitrogen and oxygen atoms in total. The molecule has 0 bridgehead atoms. The Morgan fingerprint density at radius 2 is 1.96 bits per heavy atom. The lowest BCUT2D eigenvalue weighted by molar-refractivity contribution is -0.137. The Morgan fingerprint density at radius 3 is 2.48 bits per heavy atom. The molecule has 0 N–H and O–H groups in total. The van der Waals surface area contributed by atoms with Crippen LogP contribution in [0, 0.1) is 5.41 Å². The fraction of sp³-hybridized carbons (Fsp3) is 0.632. The Balaban J connectivity index is 2.11. The minimum Gasteiger partial charge on any atom is -0.474 e. The van der Waals surface area contributed by atoms with Crippen molar-refractivity contribution in [1.82, 2.24) is 9.88 Å². The first-order valence-electron chi connectivity index (χ1n) is 8.71. The molecule has 1 aromatic rings. The highest BCUT2D eigenvalue weighted by Crippen LogP contribution is 2.38. The molecule has 27 heavy (non-hydrogen) atoms. The maximum atomic E-state index is 13.0. The van der Waals surface area contributed by atoms with Gasteiger partial charge in [-0.1, -0.05) is 25.4 Å². The third-order valence-electron chi connectivity index (χ3n) is 4.31. The molecule has 1 aliphatic rings. The zero-order chi connectivity index (χ0) is 20.6. The molecule has 1 fully saturated rings. The summed E-state index contributed by atoms with van der Waals surface area (Å²) in [5.74, 6) is 0.501. The number of hydrogen-bond acceptors (Lipinski definition) is 4. The molecule has 0 aromatic carbocycles. The van der Waals surface area contributed by atoms with E-state index in [-0.39, 0.29) is 23.0 Å². The van der Waals surface area contributed by atoms with E-state index in [9.17, 15) is 13.2 Å². The summed E-state index contributed by atoms with van der Waals surface area (Å²) in [6.07, 6.45) is -3.28. The van der Waals surface area contributed by atoms with Crippen LogP contribution in [0.2, 0.25) is 5.02 Å². The van der Waals surface area contributed by atoms with Crippen molar-refractivity contribution in [2.24, 2.45) is 5.41 Å². The topological polar surface area (TPSA) is 34.6 Å². The fourth-order valence-electron chi connectivity index (χ4n) is 3.03. The van der Waals surface area contributed by atoms with E-state index in [1.54, 1.807) is 0 Å². The molecule has 2 rings (SSSR count). The van der Waals surface area contributed by atoms with Crippen molar-refractivity contribution in [2.45, 2.75) is 58.9 Å². The first kappa shape index (κ1) is 21.7. The summed E-state index contributed by atoms with van der Waals surface area (Å²) >= 11 is 5.62. The monoisotopic (exact) mass is 406 g/mol. The number of ether oxygens (including phenoxy) is 2. The number of halogens is 4. The minimum absolute atomic E-state index is 0.0805. The smallest absolute Gasteiger partial charge is 0.418 e. The average Bonchev–Trinajstić information content (AvgIpc) is 2.47. The highest BCUT2D eigenvalue weighted by molar-refractivity contribution is 6.31. The van der Waals surface area contributed by atoms with Gasteiger partial charge in [-0.3, -0.25) is 0 Å². The van der Waals surface area contributed by atoms with Crippen LogP contribution in [0.15, 0.2) is 24.7 Å². The number of alkyl halides is 3. The first-order valence-corrected chi connectivity index (χ1v) is 9.09. The lowest BCUT2D eigenvalue weighted by Gasteiger charge is -2.45. The Bertz CT molecular complexity index is 699. The van der Waals surface area contributed by atoms with Crippen LogP contribution in [0.5, 0.6) is 5.88 Å². The van der Waals surface area contributed by atoms with Gasteiger partial charge in [0.2, 0.25) is 5.88 Å². The lowest BCUT2D eigenvalue weighted by Crippen LogP contribution is -2.51. The van der Waals surface area contributed by atoms with E-state index in [2.05, 4.69) is 11.6 Å². The van der Waals surface area contributed by atoms with Crippen LogP contribution in [-0.2, 0) is 10.9 Å². The van der Waals surface area contributed by atoms with Gasteiger partial charge in [0.25, 0.3) is 0 Å². The third kappa shape index (κ3) is 5.67. The Morgan fingerprint density at radius 1 is 1.33 bits per heavy atom. The number of hydrogen-bond donors (Lipinski definition) is 0. The van der Waals surface area contributed by atoms with Crippen LogP contribution in [0.4, 0.5) is 13.2 Å². The van der Waals surface area contributed by atoms with Crippen LogP contribution in [0.3, 0.4) is 0 Å². The number of piperidine rings is 1. The minimum atomic E-state index is -4.56. The van der Waals surface area contributed by atoms with Gasteiger partial charge in [-0.15, -0.1) is 0 Å². The highest BCUT2D eigenvalue weighted by Gasteiger charge is 2.40. The van der Waals surface area contributed by atoms with E-state index in [0.717, 1.165) is 12.3 Å². The van der Waals surface area contributed by atoms with E-state index in [0.29, 0.717) is 25.4 Å². The lowest BCUT2D eigenvalue weighted by atomic mass is 9.81. The second-order valence-corrected chi connectivity index (χ2v) is 8.82. The summed E-state index contributed by atoms with van der Waals surface area (Å²) in [6.45, 7) is 15.1. The van der Waals surface area contributed by atoms with Gasteiger partial charge < -0.3 is 14.4 Å². The van der Waals surface area contributed by atoms with E-state index < -0.39 is 16.8 Å². The van der Waals surface area contributed by atoms with Crippen LogP contribution < -0.4 is 4.74 Å². The van der Waals surface area contributed by atoms with Gasteiger partial charge in [0.15, 0.2) is 5.88 Å². The third-order valence-corrected chi connectivity index (χ3v) is 4.61. The van der Waals surface area contributed by atoms with Crippen molar-refractivity contribution in [1.29, 1.82) is 0 Å². The largest absolute Gasteiger partial charge is 0.474 e. The van der Waals surface area contributed by atoms with Crippen molar-refractivity contribution in [3.8, 4) is 5.88 Å². The molecule has 152 valence electrons. The van der Waals surface area contributed by atoms with Gasteiger partial charge in [0, 0.05) is 31.0 Å². The summed E-state index contributed by atoms with van der Waals surface area (Å²) in [5, 5.41) is -0.445. The number of likely N-dealkylation sites (tertiary alicyclic amines) is 1.